The minimum absolute atomic E-state index is 0.187. The fraction of sp³-hybridized carbons (Fsp3) is 0.0769. The molecule has 0 unspecified atom stereocenters. The number of carbonyl (C=O) groups is 1. The van der Waals surface area contributed by atoms with Crippen molar-refractivity contribution in [2.75, 3.05) is 0 Å². The van der Waals surface area contributed by atoms with Crippen LogP contribution in [-0.4, -0.2) is 16.7 Å². The van der Waals surface area contributed by atoms with E-state index in [1.165, 1.54) is 6.92 Å². The number of hydrogen-bond acceptors (Lipinski definition) is 2. The second kappa shape index (κ2) is 5.64. The second-order valence-electron chi connectivity index (χ2n) is 3.71. The number of aromatic nitrogens is 1. The Morgan fingerprint density at radius 2 is 2.06 bits per heavy atom. The molecule has 0 aliphatic carbocycles. The molecule has 1 aromatic carbocycles. The van der Waals surface area contributed by atoms with E-state index in [-0.39, 0.29) is 5.91 Å². The maximum Gasteiger partial charge on any atom is 0.236 e. The van der Waals surface area contributed by atoms with Crippen molar-refractivity contribution in [1.29, 1.82) is 0 Å². The minimum Gasteiger partial charge on any atom is -0.316 e. The summed E-state index contributed by atoms with van der Waals surface area (Å²) in [6.07, 6.45) is 3.56. The number of rotatable bonds is 3. The Labute approximate surface area is 113 Å². The topological polar surface area (TPSA) is 46.4 Å². The van der Waals surface area contributed by atoms with Crippen LogP contribution >= 0.6 is 15.9 Å². The molecular weight excluding hydrogens is 294 g/mol. The lowest BCUT2D eigenvalue weighted by Crippen LogP contribution is -2.12. The molecule has 0 saturated carbocycles. The Hall–Kier alpha value is -1.88. The molecule has 0 saturated heterocycles. The molecule has 4 nitrogen and oxygen atoms in total. The van der Waals surface area contributed by atoms with Crippen molar-refractivity contribution < 1.29 is 4.79 Å². The van der Waals surface area contributed by atoms with Crippen molar-refractivity contribution >= 4 is 28.1 Å². The highest BCUT2D eigenvalue weighted by atomic mass is 79.9. The number of hydrazone groups is 1. The van der Waals surface area contributed by atoms with Gasteiger partial charge in [-0.2, -0.15) is 5.10 Å². The molecule has 0 atom stereocenters. The molecule has 5 heteroatoms. The number of amides is 1. The van der Waals surface area contributed by atoms with Crippen LogP contribution in [0.1, 0.15) is 12.6 Å². The monoisotopic (exact) mass is 305 g/mol. The SMILES string of the molecule is CC(=O)N/N=C\c1cccn1-c1ccc(Br)cc1. The zero-order valence-electron chi connectivity index (χ0n) is 9.80. The quantitative estimate of drug-likeness (QED) is 0.688. The van der Waals surface area contributed by atoms with Gasteiger partial charge in [0.2, 0.25) is 5.91 Å². The minimum atomic E-state index is -0.187. The van der Waals surface area contributed by atoms with E-state index in [1.54, 1.807) is 6.21 Å². The molecule has 1 amide bonds. The van der Waals surface area contributed by atoms with Gasteiger partial charge < -0.3 is 4.57 Å². The summed E-state index contributed by atoms with van der Waals surface area (Å²) in [6.45, 7) is 1.42. The summed E-state index contributed by atoms with van der Waals surface area (Å²) in [6, 6.07) is 11.8. The van der Waals surface area contributed by atoms with Gasteiger partial charge >= 0.3 is 0 Å². The van der Waals surface area contributed by atoms with Gasteiger partial charge in [0.15, 0.2) is 0 Å². The number of nitrogens with one attached hydrogen (secondary N) is 1. The average Bonchev–Trinajstić information content (AvgIpc) is 2.78. The fourth-order valence-corrected chi connectivity index (χ4v) is 1.79. The van der Waals surface area contributed by atoms with Gasteiger partial charge in [0, 0.05) is 23.3 Å². The summed E-state index contributed by atoms with van der Waals surface area (Å²) in [4.78, 5) is 10.7. The van der Waals surface area contributed by atoms with Crippen LogP contribution in [0.3, 0.4) is 0 Å². The highest BCUT2D eigenvalue weighted by Gasteiger charge is 2.00. The van der Waals surface area contributed by atoms with Crippen LogP contribution in [0.4, 0.5) is 0 Å². The molecule has 0 fully saturated rings. The Morgan fingerprint density at radius 3 is 2.72 bits per heavy atom. The van der Waals surface area contributed by atoms with Crippen molar-refractivity contribution in [2.24, 2.45) is 5.10 Å². The summed E-state index contributed by atoms with van der Waals surface area (Å²) in [7, 11) is 0. The number of benzene rings is 1. The van der Waals surface area contributed by atoms with E-state index in [0.717, 1.165) is 15.9 Å². The molecule has 18 heavy (non-hydrogen) atoms. The first-order valence-corrected chi connectivity index (χ1v) is 6.19. The molecule has 0 aliphatic heterocycles. The van der Waals surface area contributed by atoms with E-state index in [9.17, 15) is 4.79 Å². The molecule has 0 radical (unpaired) electrons. The van der Waals surface area contributed by atoms with E-state index in [4.69, 9.17) is 0 Å². The number of hydrogen-bond donors (Lipinski definition) is 1. The van der Waals surface area contributed by atoms with Crippen LogP contribution in [0, 0.1) is 0 Å². The summed E-state index contributed by atoms with van der Waals surface area (Å²) in [5.41, 5.74) is 4.31. The molecule has 1 heterocycles. The molecule has 0 spiro atoms. The highest BCUT2D eigenvalue weighted by molar-refractivity contribution is 9.10. The molecule has 1 aromatic heterocycles. The molecule has 0 bridgehead atoms. The van der Waals surface area contributed by atoms with Crippen LogP contribution in [0.25, 0.3) is 5.69 Å². The van der Waals surface area contributed by atoms with Gasteiger partial charge in [-0.05, 0) is 36.4 Å². The summed E-state index contributed by atoms with van der Waals surface area (Å²) in [5.74, 6) is -0.187. The van der Waals surface area contributed by atoms with Crippen LogP contribution in [0.15, 0.2) is 52.2 Å². The van der Waals surface area contributed by atoms with Crippen LogP contribution in [0.2, 0.25) is 0 Å². The third kappa shape index (κ3) is 3.07. The Balaban J connectivity index is 2.24. The maximum atomic E-state index is 10.7. The first kappa shape index (κ1) is 12.6. The number of carbonyl (C=O) groups excluding carboxylic acids is 1. The van der Waals surface area contributed by atoms with Gasteiger partial charge in [-0.25, -0.2) is 5.43 Å². The van der Waals surface area contributed by atoms with Crippen LogP contribution in [0.5, 0.6) is 0 Å². The first-order valence-electron chi connectivity index (χ1n) is 5.40. The van der Waals surface area contributed by atoms with Crippen molar-refractivity contribution in [3.05, 3.63) is 52.8 Å². The van der Waals surface area contributed by atoms with Gasteiger partial charge in [0.1, 0.15) is 0 Å². The zero-order valence-corrected chi connectivity index (χ0v) is 11.4. The lowest BCUT2D eigenvalue weighted by Gasteiger charge is -2.06. The van der Waals surface area contributed by atoms with Crippen molar-refractivity contribution in [1.82, 2.24) is 9.99 Å². The van der Waals surface area contributed by atoms with Gasteiger partial charge in [0.05, 0.1) is 11.9 Å². The van der Waals surface area contributed by atoms with Crippen LogP contribution < -0.4 is 5.43 Å². The van der Waals surface area contributed by atoms with Gasteiger partial charge in [-0.15, -0.1) is 0 Å². The molecule has 92 valence electrons. The predicted octanol–water partition coefficient (Wildman–Crippen LogP) is 2.71. The molecule has 2 rings (SSSR count). The van der Waals surface area contributed by atoms with E-state index in [1.807, 2.05) is 47.2 Å². The smallest absolute Gasteiger partial charge is 0.236 e. The third-order valence-corrected chi connectivity index (χ3v) is 2.83. The summed E-state index contributed by atoms with van der Waals surface area (Å²) in [5, 5.41) is 3.86. The lowest BCUT2D eigenvalue weighted by molar-refractivity contribution is -0.118. The van der Waals surface area contributed by atoms with E-state index in [0.29, 0.717) is 0 Å². The molecule has 1 N–H and O–H groups in total. The number of halogens is 1. The largest absolute Gasteiger partial charge is 0.316 e. The van der Waals surface area contributed by atoms with Crippen LogP contribution in [-0.2, 0) is 4.79 Å². The second-order valence-corrected chi connectivity index (χ2v) is 4.62. The third-order valence-electron chi connectivity index (χ3n) is 2.30. The Morgan fingerprint density at radius 1 is 1.33 bits per heavy atom. The summed E-state index contributed by atoms with van der Waals surface area (Å²) < 4.78 is 3.02. The van der Waals surface area contributed by atoms with Gasteiger partial charge in [-0.1, -0.05) is 15.9 Å². The highest BCUT2D eigenvalue weighted by Crippen LogP contribution is 2.15. The average molecular weight is 306 g/mol. The standard InChI is InChI=1S/C13H12BrN3O/c1-10(18)16-15-9-13-3-2-8-17(13)12-6-4-11(14)5-7-12/h2-9H,1H3,(H,16,18)/b15-9-. The van der Waals surface area contributed by atoms with E-state index < -0.39 is 0 Å². The maximum absolute atomic E-state index is 10.7. The Kier molecular flexibility index (Phi) is 3.94. The van der Waals surface area contributed by atoms with Gasteiger partial charge in [-0.3, -0.25) is 4.79 Å². The zero-order chi connectivity index (χ0) is 13.0. The predicted molar refractivity (Wildman–Crippen MR) is 74.9 cm³/mol. The lowest BCUT2D eigenvalue weighted by atomic mass is 10.3. The van der Waals surface area contributed by atoms with Gasteiger partial charge in [0.25, 0.3) is 0 Å². The molecule has 0 aliphatic rings. The number of nitrogens with zero attached hydrogens (tertiary/aromatic N) is 2. The molecular formula is C13H12BrN3O. The van der Waals surface area contributed by atoms with E-state index >= 15 is 0 Å². The fourth-order valence-electron chi connectivity index (χ4n) is 1.53. The van der Waals surface area contributed by atoms with Crippen molar-refractivity contribution in [2.45, 2.75) is 6.92 Å². The van der Waals surface area contributed by atoms with Crippen molar-refractivity contribution in [3.8, 4) is 5.69 Å². The first-order chi connectivity index (χ1) is 8.66. The normalized spacial score (nSPS) is 10.8. The molecule has 2 aromatic rings. The van der Waals surface area contributed by atoms with Crippen molar-refractivity contribution in [3.63, 3.8) is 0 Å². The summed E-state index contributed by atoms with van der Waals surface area (Å²) >= 11 is 3.40. The van der Waals surface area contributed by atoms with E-state index in [2.05, 4.69) is 26.5 Å². The Bertz CT molecular complexity index is 572.